The zero-order valence-electron chi connectivity index (χ0n) is 16.2. The Labute approximate surface area is 173 Å². The van der Waals surface area contributed by atoms with Crippen LogP contribution in [0, 0.1) is 0 Å². The predicted molar refractivity (Wildman–Crippen MR) is 116 cm³/mol. The SMILES string of the molecule is C=C1CSc2cc(CCC)ccc2N1CC(=O)Nc1n[nH]c(-c2ccccn2)n1. The van der Waals surface area contributed by atoms with Gasteiger partial charge in [0.25, 0.3) is 0 Å². The number of hydrogen-bond donors (Lipinski definition) is 2. The molecule has 0 atom stereocenters. The topological polar surface area (TPSA) is 86.8 Å². The van der Waals surface area contributed by atoms with Crippen molar-refractivity contribution in [3.63, 3.8) is 0 Å². The predicted octanol–water partition coefficient (Wildman–Crippen LogP) is 3.88. The number of rotatable bonds is 6. The number of carbonyl (C=O) groups is 1. The van der Waals surface area contributed by atoms with E-state index in [1.54, 1.807) is 18.0 Å². The molecule has 0 saturated carbocycles. The maximum absolute atomic E-state index is 12.6. The molecule has 29 heavy (non-hydrogen) atoms. The van der Waals surface area contributed by atoms with Crippen molar-refractivity contribution in [3.8, 4) is 11.5 Å². The van der Waals surface area contributed by atoms with Crippen molar-refractivity contribution in [2.75, 3.05) is 22.5 Å². The minimum Gasteiger partial charge on any atom is -0.335 e. The van der Waals surface area contributed by atoms with Gasteiger partial charge in [-0.2, -0.15) is 4.98 Å². The maximum Gasteiger partial charge on any atom is 0.249 e. The number of aromatic amines is 1. The van der Waals surface area contributed by atoms with Crippen molar-refractivity contribution in [1.82, 2.24) is 20.2 Å². The Bertz CT molecular complexity index is 1030. The number of benzene rings is 1. The number of aryl methyl sites for hydroxylation is 1. The molecular weight excluding hydrogens is 384 g/mol. The van der Waals surface area contributed by atoms with Crippen LogP contribution in [-0.2, 0) is 11.2 Å². The Balaban J connectivity index is 1.46. The molecule has 0 unspecified atom stereocenters. The highest BCUT2D eigenvalue weighted by molar-refractivity contribution is 7.99. The molecule has 3 heterocycles. The molecule has 0 radical (unpaired) electrons. The number of anilines is 2. The van der Waals surface area contributed by atoms with Crippen molar-refractivity contribution in [1.29, 1.82) is 0 Å². The number of carbonyl (C=O) groups excluding carboxylic acids is 1. The van der Waals surface area contributed by atoms with Gasteiger partial charge in [0.1, 0.15) is 12.2 Å². The van der Waals surface area contributed by atoms with Crippen LogP contribution < -0.4 is 10.2 Å². The van der Waals surface area contributed by atoms with Crippen LogP contribution in [0.15, 0.2) is 59.8 Å². The van der Waals surface area contributed by atoms with Crippen molar-refractivity contribution in [2.24, 2.45) is 0 Å². The first-order valence-electron chi connectivity index (χ1n) is 9.48. The Hall–Kier alpha value is -3.13. The molecule has 1 amide bonds. The number of amides is 1. The summed E-state index contributed by atoms with van der Waals surface area (Å²) in [5.41, 5.74) is 3.91. The van der Waals surface area contributed by atoms with Crippen LogP contribution in [-0.4, -0.2) is 38.4 Å². The van der Waals surface area contributed by atoms with Crippen LogP contribution in [0.3, 0.4) is 0 Å². The number of pyridine rings is 1. The zero-order chi connectivity index (χ0) is 20.2. The van der Waals surface area contributed by atoms with Crippen LogP contribution in [0.1, 0.15) is 18.9 Å². The van der Waals surface area contributed by atoms with Gasteiger partial charge < -0.3 is 4.90 Å². The summed E-state index contributed by atoms with van der Waals surface area (Å²) >= 11 is 1.76. The first kappa shape index (κ1) is 19.2. The summed E-state index contributed by atoms with van der Waals surface area (Å²) in [6.45, 7) is 6.47. The highest BCUT2D eigenvalue weighted by atomic mass is 32.2. The van der Waals surface area contributed by atoms with E-state index in [4.69, 9.17) is 0 Å². The molecule has 3 aromatic rings. The molecule has 0 bridgehead atoms. The minimum absolute atomic E-state index is 0.160. The van der Waals surface area contributed by atoms with E-state index in [1.807, 2.05) is 23.1 Å². The minimum atomic E-state index is -0.201. The van der Waals surface area contributed by atoms with Crippen LogP contribution in [0.25, 0.3) is 11.5 Å². The lowest BCUT2D eigenvalue weighted by molar-refractivity contribution is -0.115. The lowest BCUT2D eigenvalue weighted by atomic mass is 10.1. The molecule has 0 saturated heterocycles. The monoisotopic (exact) mass is 406 g/mol. The average Bonchev–Trinajstić information content (AvgIpc) is 3.19. The molecule has 2 aromatic heterocycles. The number of nitrogens with one attached hydrogen (secondary N) is 2. The molecule has 1 aromatic carbocycles. The van der Waals surface area contributed by atoms with Crippen LogP contribution in [0.5, 0.6) is 0 Å². The van der Waals surface area contributed by atoms with Crippen molar-refractivity contribution in [3.05, 3.63) is 60.4 Å². The molecule has 7 nitrogen and oxygen atoms in total. The van der Waals surface area contributed by atoms with E-state index in [9.17, 15) is 4.79 Å². The molecule has 0 spiro atoms. The van der Waals surface area contributed by atoms with Crippen LogP contribution in [0.2, 0.25) is 0 Å². The number of thioether (sulfide) groups is 1. The molecule has 4 rings (SSSR count). The summed E-state index contributed by atoms with van der Waals surface area (Å²) < 4.78 is 0. The molecule has 0 fully saturated rings. The third-order valence-corrected chi connectivity index (χ3v) is 5.69. The fourth-order valence-electron chi connectivity index (χ4n) is 3.19. The normalized spacial score (nSPS) is 13.3. The Kier molecular flexibility index (Phi) is 5.62. The summed E-state index contributed by atoms with van der Waals surface area (Å²) in [5, 5.41) is 9.62. The van der Waals surface area contributed by atoms with E-state index in [2.05, 4.69) is 57.2 Å². The Morgan fingerprint density at radius 2 is 2.24 bits per heavy atom. The van der Waals surface area contributed by atoms with E-state index >= 15 is 0 Å². The van der Waals surface area contributed by atoms with Gasteiger partial charge in [-0.3, -0.25) is 20.2 Å². The summed E-state index contributed by atoms with van der Waals surface area (Å²) in [6.07, 6.45) is 3.84. The van der Waals surface area contributed by atoms with Gasteiger partial charge in [0.05, 0.1) is 5.69 Å². The van der Waals surface area contributed by atoms with Gasteiger partial charge in [-0.25, -0.2) is 0 Å². The van der Waals surface area contributed by atoms with Gasteiger partial charge in [-0.15, -0.1) is 16.9 Å². The molecular formula is C21H22N6OS. The number of hydrogen-bond acceptors (Lipinski definition) is 6. The van der Waals surface area contributed by atoms with Gasteiger partial charge in [0.2, 0.25) is 11.9 Å². The first-order valence-corrected chi connectivity index (χ1v) is 10.5. The zero-order valence-corrected chi connectivity index (χ0v) is 17.0. The molecule has 1 aliphatic heterocycles. The van der Waals surface area contributed by atoms with Crippen molar-refractivity contribution in [2.45, 2.75) is 24.7 Å². The van der Waals surface area contributed by atoms with Crippen LogP contribution >= 0.6 is 11.8 Å². The molecule has 2 N–H and O–H groups in total. The van der Waals surface area contributed by atoms with E-state index in [1.165, 1.54) is 10.5 Å². The highest BCUT2D eigenvalue weighted by Gasteiger charge is 2.23. The van der Waals surface area contributed by atoms with Crippen LogP contribution in [0.4, 0.5) is 11.6 Å². The van der Waals surface area contributed by atoms with E-state index in [-0.39, 0.29) is 18.4 Å². The van der Waals surface area contributed by atoms with E-state index < -0.39 is 0 Å². The number of fused-ring (bicyclic) bond motifs is 1. The van der Waals surface area contributed by atoms with Gasteiger partial charge in [-0.1, -0.05) is 32.1 Å². The third kappa shape index (κ3) is 4.32. The fraction of sp³-hybridized carbons (Fsp3) is 0.238. The van der Waals surface area contributed by atoms with Crippen molar-refractivity contribution >= 4 is 29.3 Å². The fourth-order valence-corrected chi connectivity index (χ4v) is 4.23. The molecule has 8 heteroatoms. The largest absolute Gasteiger partial charge is 0.335 e. The van der Waals surface area contributed by atoms with Gasteiger partial charge in [0.15, 0.2) is 5.82 Å². The smallest absolute Gasteiger partial charge is 0.249 e. The molecule has 148 valence electrons. The number of aromatic nitrogens is 4. The summed E-state index contributed by atoms with van der Waals surface area (Å²) in [7, 11) is 0. The summed E-state index contributed by atoms with van der Waals surface area (Å²) in [4.78, 5) is 24.3. The highest BCUT2D eigenvalue weighted by Crippen LogP contribution is 2.39. The van der Waals surface area contributed by atoms with Gasteiger partial charge >= 0.3 is 0 Å². The second kappa shape index (κ2) is 8.48. The van der Waals surface area contributed by atoms with Gasteiger partial charge in [-0.05, 0) is 36.2 Å². The first-order chi connectivity index (χ1) is 14.1. The quantitative estimate of drug-likeness (QED) is 0.646. The Morgan fingerprint density at radius 1 is 1.34 bits per heavy atom. The second-order valence-corrected chi connectivity index (χ2v) is 7.78. The van der Waals surface area contributed by atoms with Gasteiger partial charge in [0, 0.05) is 22.5 Å². The van der Waals surface area contributed by atoms with E-state index in [0.717, 1.165) is 30.0 Å². The van der Waals surface area contributed by atoms with Crippen molar-refractivity contribution < 1.29 is 4.79 Å². The third-order valence-electron chi connectivity index (χ3n) is 4.58. The number of nitrogens with zero attached hydrogens (tertiary/aromatic N) is 4. The summed E-state index contributed by atoms with van der Waals surface area (Å²) in [6, 6.07) is 11.9. The molecule has 1 aliphatic rings. The van der Waals surface area contributed by atoms with E-state index in [0.29, 0.717) is 11.5 Å². The maximum atomic E-state index is 12.6. The Morgan fingerprint density at radius 3 is 3.03 bits per heavy atom. The number of H-pyrrole nitrogens is 1. The average molecular weight is 407 g/mol. The second-order valence-electron chi connectivity index (χ2n) is 6.76. The molecule has 0 aliphatic carbocycles. The lowest BCUT2D eigenvalue weighted by Crippen LogP contribution is -2.35. The summed E-state index contributed by atoms with van der Waals surface area (Å²) in [5.74, 6) is 1.30. The standard InChI is InChI=1S/C21H22N6OS/c1-3-6-15-8-9-17-18(11-15)29-13-14(2)27(17)12-19(28)23-21-24-20(25-26-21)16-7-4-5-10-22-16/h4-5,7-11H,2-3,6,12-13H2,1H3,(H2,23,24,25,26,28). The lowest BCUT2D eigenvalue weighted by Gasteiger charge is -2.32.